The van der Waals surface area contributed by atoms with Crippen molar-refractivity contribution in [2.75, 3.05) is 0 Å². The molecule has 0 fully saturated rings. The molecule has 1 heterocycles. The van der Waals surface area contributed by atoms with Crippen molar-refractivity contribution < 1.29 is 0 Å². The van der Waals surface area contributed by atoms with Gasteiger partial charge in [-0.05, 0) is 24.1 Å². The second-order valence-corrected chi connectivity index (χ2v) is 4.72. The van der Waals surface area contributed by atoms with Crippen LogP contribution >= 0.6 is 0 Å². The van der Waals surface area contributed by atoms with Gasteiger partial charge in [-0.25, -0.2) is 4.68 Å². The first kappa shape index (κ1) is 13.8. The monoisotopic (exact) mass is 258 g/mol. The third-order valence-corrected chi connectivity index (χ3v) is 3.69. The minimum Gasteiger partial charge on any atom is -0.271 e. The van der Waals surface area contributed by atoms with Crippen molar-refractivity contribution in [2.45, 2.75) is 32.7 Å². The van der Waals surface area contributed by atoms with Gasteiger partial charge in [0.05, 0.1) is 17.4 Å². The molecule has 2 rings (SSSR count). The van der Waals surface area contributed by atoms with Gasteiger partial charge in [0.15, 0.2) is 0 Å². The SMILES string of the molecule is CCC(CC)C(NN)c1ccnn1-c1ccccc1. The van der Waals surface area contributed by atoms with Crippen LogP contribution in [0.3, 0.4) is 0 Å². The van der Waals surface area contributed by atoms with Crippen LogP contribution in [0.4, 0.5) is 0 Å². The van der Waals surface area contributed by atoms with E-state index in [1.54, 1.807) is 0 Å². The lowest BCUT2D eigenvalue weighted by molar-refractivity contribution is 0.334. The predicted molar refractivity (Wildman–Crippen MR) is 77.7 cm³/mol. The third kappa shape index (κ3) is 2.85. The van der Waals surface area contributed by atoms with Crippen molar-refractivity contribution in [2.24, 2.45) is 11.8 Å². The molecular formula is C15H22N4. The lowest BCUT2D eigenvalue weighted by atomic mass is 9.92. The number of benzene rings is 1. The van der Waals surface area contributed by atoms with Crippen molar-refractivity contribution in [3.63, 3.8) is 0 Å². The van der Waals surface area contributed by atoms with Crippen molar-refractivity contribution in [3.05, 3.63) is 48.3 Å². The van der Waals surface area contributed by atoms with Gasteiger partial charge in [0.25, 0.3) is 0 Å². The van der Waals surface area contributed by atoms with E-state index in [4.69, 9.17) is 5.84 Å². The van der Waals surface area contributed by atoms with Gasteiger partial charge in [0.2, 0.25) is 0 Å². The zero-order valence-corrected chi connectivity index (χ0v) is 11.6. The average molecular weight is 258 g/mol. The van der Waals surface area contributed by atoms with Gasteiger partial charge >= 0.3 is 0 Å². The Kier molecular flexibility index (Phi) is 4.71. The highest BCUT2D eigenvalue weighted by Crippen LogP contribution is 2.27. The molecule has 0 aliphatic heterocycles. The summed E-state index contributed by atoms with van der Waals surface area (Å²) < 4.78 is 1.96. The molecule has 0 saturated heterocycles. The molecule has 19 heavy (non-hydrogen) atoms. The zero-order chi connectivity index (χ0) is 13.7. The Labute approximate surface area is 114 Å². The Morgan fingerprint density at radius 3 is 2.42 bits per heavy atom. The molecular weight excluding hydrogens is 236 g/mol. The number of nitrogens with one attached hydrogen (secondary N) is 1. The number of hydrogen-bond acceptors (Lipinski definition) is 3. The molecule has 0 radical (unpaired) electrons. The third-order valence-electron chi connectivity index (χ3n) is 3.69. The Hall–Kier alpha value is -1.65. The van der Waals surface area contributed by atoms with E-state index >= 15 is 0 Å². The molecule has 0 spiro atoms. The van der Waals surface area contributed by atoms with E-state index in [2.05, 4.69) is 36.5 Å². The number of hydrazine groups is 1. The summed E-state index contributed by atoms with van der Waals surface area (Å²) in [5, 5.41) is 4.43. The van der Waals surface area contributed by atoms with E-state index in [0.29, 0.717) is 5.92 Å². The van der Waals surface area contributed by atoms with Gasteiger partial charge in [-0.1, -0.05) is 44.9 Å². The molecule has 1 atom stereocenters. The zero-order valence-electron chi connectivity index (χ0n) is 11.6. The molecule has 4 heteroatoms. The van der Waals surface area contributed by atoms with Crippen LogP contribution in [-0.4, -0.2) is 9.78 Å². The second kappa shape index (κ2) is 6.50. The number of aromatic nitrogens is 2. The van der Waals surface area contributed by atoms with Gasteiger partial charge in [-0.3, -0.25) is 11.3 Å². The van der Waals surface area contributed by atoms with Crippen LogP contribution in [0.5, 0.6) is 0 Å². The lowest BCUT2D eigenvalue weighted by Crippen LogP contribution is -2.34. The van der Waals surface area contributed by atoms with E-state index in [9.17, 15) is 0 Å². The first-order chi connectivity index (χ1) is 9.31. The van der Waals surface area contributed by atoms with E-state index in [-0.39, 0.29) is 6.04 Å². The topological polar surface area (TPSA) is 55.9 Å². The molecule has 102 valence electrons. The average Bonchev–Trinajstić information content (AvgIpc) is 2.94. The number of para-hydroxylation sites is 1. The maximum Gasteiger partial charge on any atom is 0.0661 e. The summed E-state index contributed by atoms with van der Waals surface area (Å²) in [6.45, 7) is 4.39. The van der Waals surface area contributed by atoms with Gasteiger partial charge < -0.3 is 0 Å². The fourth-order valence-corrected chi connectivity index (χ4v) is 2.56. The summed E-state index contributed by atoms with van der Waals surface area (Å²) in [5.41, 5.74) is 5.13. The molecule has 4 nitrogen and oxygen atoms in total. The standard InChI is InChI=1S/C15H22N4/c1-3-12(4-2)15(18-16)14-10-11-17-19(14)13-8-6-5-7-9-13/h5-12,15,18H,3-4,16H2,1-2H3. The molecule has 0 bridgehead atoms. The van der Waals surface area contributed by atoms with Crippen LogP contribution in [0.25, 0.3) is 5.69 Å². The first-order valence-electron chi connectivity index (χ1n) is 6.87. The van der Waals surface area contributed by atoms with Crippen LogP contribution in [0.15, 0.2) is 42.6 Å². The van der Waals surface area contributed by atoms with Crippen molar-refractivity contribution in [1.29, 1.82) is 0 Å². The summed E-state index contributed by atoms with van der Waals surface area (Å²) >= 11 is 0. The molecule has 0 amide bonds. The smallest absolute Gasteiger partial charge is 0.0661 e. The summed E-state index contributed by atoms with van der Waals surface area (Å²) in [7, 11) is 0. The second-order valence-electron chi connectivity index (χ2n) is 4.72. The fourth-order valence-electron chi connectivity index (χ4n) is 2.56. The summed E-state index contributed by atoms with van der Waals surface area (Å²) in [4.78, 5) is 0. The maximum absolute atomic E-state index is 5.77. The van der Waals surface area contributed by atoms with Crippen LogP contribution in [0.1, 0.15) is 38.4 Å². The van der Waals surface area contributed by atoms with Crippen molar-refractivity contribution in [3.8, 4) is 5.69 Å². The first-order valence-corrected chi connectivity index (χ1v) is 6.87. The Bertz CT molecular complexity index is 488. The molecule has 1 aromatic heterocycles. The van der Waals surface area contributed by atoms with E-state index in [0.717, 1.165) is 24.2 Å². The lowest BCUT2D eigenvalue weighted by Gasteiger charge is -2.25. The highest BCUT2D eigenvalue weighted by molar-refractivity contribution is 5.33. The molecule has 0 aliphatic carbocycles. The fraction of sp³-hybridized carbons (Fsp3) is 0.400. The van der Waals surface area contributed by atoms with Crippen LogP contribution in [0.2, 0.25) is 0 Å². The summed E-state index contributed by atoms with van der Waals surface area (Å²) in [6.07, 6.45) is 4.01. The van der Waals surface area contributed by atoms with Gasteiger partial charge in [0, 0.05) is 6.20 Å². The largest absolute Gasteiger partial charge is 0.271 e. The van der Waals surface area contributed by atoms with E-state index in [1.165, 1.54) is 0 Å². The van der Waals surface area contributed by atoms with Crippen LogP contribution in [-0.2, 0) is 0 Å². The van der Waals surface area contributed by atoms with E-state index < -0.39 is 0 Å². The Balaban J connectivity index is 2.38. The number of nitrogens with two attached hydrogens (primary N) is 1. The summed E-state index contributed by atoms with van der Waals surface area (Å²) in [6, 6.07) is 12.3. The summed E-state index contributed by atoms with van der Waals surface area (Å²) in [5.74, 6) is 6.28. The minimum atomic E-state index is 0.123. The molecule has 0 saturated carbocycles. The number of nitrogens with zero attached hydrogens (tertiary/aromatic N) is 2. The number of rotatable bonds is 6. The highest BCUT2D eigenvalue weighted by atomic mass is 15.3. The van der Waals surface area contributed by atoms with Crippen LogP contribution < -0.4 is 11.3 Å². The molecule has 3 N–H and O–H groups in total. The van der Waals surface area contributed by atoms with Crippen molar-refractivity contribution >= 4 is 0 Å². The van der Waals surface area contributed by atoms with Gasteiger partial charge in [-0.2, -0.15) is 5.10 Å². The Morgan fingerprint density at radius 2 is 1.84 bits per heavy atom. The predicted octanol–water partition coefficient (Wildman–Crippen LogP) is 2.81. The number of hydrogen-bond donors (Lipinski definition) is 2. The molecule has 1 unspecified atom stereocenters. The van der Waals surface area contributed by atoms with Gasteiger partial charge in [0.1, 0.15) is 0 Å². The van der Waals surface area contributed by atoms with Crippen LogP contribution in [0, 0.1) is 5.92 Å². The quantitative estimate of drug-likeness (QED) is 0.619. The van der Waals surface area contributed by atoms with E-state index in [1.807, 2.05) is 35.1 Å². The maximum atomic E-state index is 5.77. The van der Waals surface area contributed by atoms with Gasteiger partial charge in [-0.15, -0.1) is 0 Å². The molecule has 2 aromatic rings. The van der Waals surface area contributed by atoms with Crippen molar-refractivity contribution in [1.82, 2.24) is 15.2 Å². The molecule has 0 aliphatic rings. The minimum absolute atomic E-state index is 0.123. The normalized spacial score (nSPS) is 12.8. The highest BCUT2D eigenvalue weighted by Gasteiger charge is 2.22. The Morgan fingerprint density at radius 1 is 1.16 bits per heavy atom. The molecule has 1 aromatic carbocycles.